The molecule has 0 unspecified atom stereocenters. The molecule has 1 aromatic heterocycles. The third-order valence-electron chi connectivity index (χ3n) is 15.6. The zero-order chi connectivity index (χ0) is 80.5. The molecule has 10 aromatic carbocycles. The first kappa shape index (κ1) is 96.3. The molecule has 1 heterocycles. The number of aryl methyl sites for hydroxylation is 10. The number of aliphatic hydroxyl groups is 4. The van der Waals surface area contributed by atoms with Gasteiger partial charge in [-0.1, -0.05) is 183 Å². The van der Waals surface area contributed by atoms with Crippen molar-refractivity contribution in [1.82, 2.24) is 9.55 Å². The summed E-state index contributed by atoms with van der Waals surface area (Å²) in [5.41, 5.74) is 25.5. The maximum absolute atomic E-state index is 10.8. The van der Waals surface area contributed by atoms with Gasteiger partial charge >= 0.3 is 24.8 Å². The molecule has 0 saturated heterocycles. The second-order valence-corrected chi connectivity index (χ2v) is 26.7. The van der Waals surface area contributed by atoms with Crippen molar-refractivity contribution in [3.05, 3.63) is 366 Å². The third kappa shape index (κ3) is 38.6. The van der Waals surface area contributed by atoms with Crippen LogP contribution in [-0.2, 0) is 38.3 Å². The van der Waals surface area contributed by atoms with Crippen LogP contribution < -0.4 is 18.9 Å². The van der Waals surface area contributed by atoms with Crippen molar-refractivity contribution in [3.8, 4) is 60.7 Å². The summed E-state index contributed by atoms with van der Waals surface area (Å²) in [4.78, 5) is 14.9. The number of hydrogen-bond donors (Lipinski definition) is 7. The molecule has 11 aromatic rings. The maximum Gasteiger partial charge on any atom is 1.00 e. The van der Waals surface area contributed by atoms with Gasteiger partial charge in [-0.05, 0) is 293 Å². The van der Waals surface area contributed by atoms with Gasteiger partial charge in [-0.2, -0.15) is 25.3 Å². The number of hydrogen-bond acceptors (Lipinski definition) is 8. The van der Waals surface area contributed by atoms with Gasteiger partial charge in [0, 0.05) is 76.6 Å². The zero-order valence-corrected chi connectivity index (χ0v) is 71.2. The minimum atomic E-state index is -0.932. The van der Waals surface area contributed by atoms with Crippen LogP contribution in [0.3, 0.4) is 0 Å². The number of rotatable bonds is 9. The minimum Gasteiger partial charge on any atom is -1.00 e. The monoisotopic (exact) mass is 1740 g/mol. The number of aliphatic hydroxyl groups excluding tert-OH is 4. The summed E-state index contributed by atoms with van der Waals surface area (Å²) in [6.07, 6.45) is 19.9. The van der Waals surface area contributed by atoms with Crippen LogP contribution >= 0.6 is 89.0 Å². The van der Waals surface area contributed by atoms with E-state index in [1.165, 1.54) is 50.9 Å². The first-order valence-corrected chi connectivity index (χ1v) is 38.4. The number of thiol groups is 2. The van der Waals surface area contributed by atoms with Crippen LogP contribution in [0.25, 0.3) is 0 Å². The Balaban J connectivity index is 0. The number of benzene rings is 10. The van der Waals surface area contributed by atoms with Crippen LogP contribution in [-0.4, -0.2) is 72.4 Å². The molecule has 0 fully saturated rings. The zero-order valence-electron chi connectivity index (χ0n) is 66.1. The van der Waals surface area contributed by atoms with Gasteiger partial charge in [0.05, 0.1) is 38.3 Å². The largest absolute Gasteiger partial charge is 1.00 e. The molecule has 0 aliphatic heterocycles. The second-order valence-electron chi connectivity index (χ2n) is 23.4. The van der Waals surface area contributed by atoms with Crippen LogP contribution in [0.4, 0.5) is 0 Å². The average Bonchev–Trinajstić information content (AvgIpc) is 1.84. The number of imidazole rings is 1. The Kier molecular flexibility index (Phi) is 51.2. The number of terminal acetylenes is 2. The summed E-state index contributed by atoms with van der Waals surface area (Å²) in [5, 5.41) is 40.8. The summed E-state index contributed by atoms with van der Waals surface area (Å²) in [7, 11) is 0. The Morgan fingerprint density at radius 1 is 0.454 bits per heavy atom. The van der Waals surface area contributed by atoms with Crippen molar-refractivity contribution in [2.75, 3.05) is 12.5 Å². The normalized spacial score (nSPS) is 9.36. The first-order chi connectivity index (χ1) is 51.8. The molecule has 0 aliphatic rings. The number of carbonyl (C=O) groups is 1. The molecule has 0 spiro atoms. The summed E-state index contributed by atoms with van der Waals surface area (Å²) in [6, 6.07) is 65.0. The predicted molar refractivity (Wildman–Crippen MR) is 476 cm³/mol. The molecule has 0 radical (unpaired) electrons. The second kappa shape index (κ2) is 57.4. The summed E-state index contributed by atoms with van der Waals surface area (Å²) >= 11 is 20.6. The molecule has 0 aliphatic carbocycles. The van der Waals surface area contributed by atoms with Crippen LogP contribution in [0.15, 0.2) is 232 Å². The van der Waals surface area contributed by atoms with Crippen molar-refractivity contribution >= 4 is 112 Å². The number of nitrogens with zero attached hydrogens (tertiary/aromatic N) is 2. The number of halogens is 4. The van der Waals surface area contributed by atoms with E-state index < -0.39 is 5.97 Å². The molecule has 0 saturated carbocycles. The van der Waals surface area contributed by atoms with Crippen LogP contribution in [0.1, 0.15) is 141 Å². The molecular formula is C92H98AlBr4LiN2O6S2. The van der Waals surface area contributed by atoms with E-state index in [0.717, 1.165) is 109 Å². The Hall–Kier alpha value is -7.73. The summed E-state index contributed by atoms with van der Waals surface area (Å²) < 4.78 is 17.6. The quantitative estimate of drug-likeness (QED) is 0.0331. The Morgan fingerprint density at radius 3 is 1.07 bits per heavy atom. The van der Waals surface area contributed by atoms with E-state index in [1.807, 2.05) is 129 Å². The van der Waals surface area contributed by atoms with Gasteiger partial charge in [0.25, 0.3) is 0 Å². The number of aromatic carboxylic acids is 1. The van der Waals surface area contributed by atoms with Crippen molar-refractivity contribution in [2.45, 2.75) is 108 Å². The van der Waals surface area contributed by atoms with Gasteiger partial charge < -0.3 is 31.5 Å². The molecule has 8 nitrogen and oxygen atoms in total. The van der Waals surface area contributed by atoms with Gasteiger partial charge in [-0.3, -0.25) is 0 Å². The van der Waals surface area contributed by atoms with Crippen molar-refractivity contribution in [3.63, 3.8) is 0 Å². The maximum atomic E-state index is 10.8. The Labute approximate surface area is 715 Å². The topological polar surface area (TPSA) is 136 Å². The molecule has 16 heteroatoms. The number of aromatic nitrogens is 2. The fraction of sp³-hybridized carbons (Fsp3) is 0.196. The fourth-order valence-electron chi connectivity index (χ4n) is 9.13. The van der Waals surface area contributed by atoms with Gasteiger partial charge in [-0.25, -0.2) is 9.78 Å². The molecular weight excluding hydrogens is 1650 g/mol. The average molecular weight is 1750 g/mol. The smallest absolute Gasteiger partial charge is 1.00 e. The van der Waals surface area contributed by atoms with E-state index in [2.05, 4.69) is 273 Å². The van der Waals surface area contributed by atoms with E-state index >= 15 is 0 Å². The SMILES string of the molecule is C#Cc1ccc(CO)c(C)c1.CS.CS.Cc1cc(Br)ccc1CO.Cc1cc(C#Cc2ccc(C(=O)O)cc2)ccc1Cn1ccnc1.Cc1ccc(Br)cc1C.Cc1ccc(C#Cc2ccc(CBr)c(C)c2)cc1.Cc1ccc(C#Cc2ccc(CO)c(C)c2)cc1.[3H]C#C.[3H]OCc1ccc(Br)cc1C.[AlH3].[H-].[Li+]. The Morgan fingerprint density at radius 2 is 0.759 bits per heavy atom. The first-order valence-electron chi connectivity index (χ1n) is 34.1. The van der Waals surface area contributed by atoms with Gasteiger partial charge in [0.15, 0.2) is 17.4 Å². The van der Waals surface area contributed by atoms with E-state index in [1.54, 1.807) is 49.3 Å². The molecule has 5 N–H and O–H groups in total. The minimum absolute atomic E-state index is 0. The molecule has 0 atom stereocenters. The summed E-state index contributed by atoms with van der Waals surface area (Å²) in [5.74, 6) is 20.5. The number of carboxylic acids is 1. The standard InChI is InChI=1S/C20H16N2O2.C17H15Br.C17H16O.C10H10O.2C8H9BrO.C8H9Br.C2H2.2CH4S.Al.Li.4H/c1-15-12-17(6-9-19(15)13-22-11-10-21-14-22)3-2-16-4-7-18(8-5-16)20(23)24;2*1-13-3-5-15(6-4-13)7-8-16-9-10-17(12-18)14(2)11-16;1-3-9-4-5-10(7-11)8(2)6-9;2*1-6-4-8(9)3-2-7(6)5-10;1-6-3-4-8(9)5-7(6)2;3*1-2;;;;;;/h4-12,14H,13H2,1H3,(H,23,24);3-6,9-11H,12H2,1-2H3;3-6,9-11,18H,12H2,1-2H3;1,4-6,11H,7H2,2H3;2*2-4,10H,5H2,1H3;3-5H,1-2H3;1-2H;2*2H,1H3;;;;;;/q;;;;;;;;;;;+1;;;;-1/i;;;;10T;;;1T;;;;;;;;. The van der Waals surface area contributed by atoms with Crippen molar-refractivity contribution in [2.24, 2.45) is 0 Å². The van der Waals surface area contributed by atoms with Gasteiger partial charge in [-0.15, -0.1) is 19.2 Å². The number of carboxylic acid groups (broad SMARTS) is 1. The number of alkyl halides is 1. The van der Waals surface area contributed by atoms with E-state index in [-0.39, 0.29) is 63.0 Å². The van der Waals surface area contributed by atoms with E-state index in [4.69, 9.17) is 29.7 Å². The Bertz CT molecular complexity index is 4760. The third-order valence-corrected chi connectivity index (χ3v) is 17.7. The van der Waals surface area contributed by atoms with Crippen LogP contribution in [0.2, 0.25) is 0 Å². The fourth-order valence-corrected chi connectivity index (χ4v) is 11.2. The van der Waals surface area contributed by atoms with E-state index in [0.29, 0.717) is 6.61 Å². The molecule has 0 bridgehead atoms. The summed E-state index contributed by atoms with van der Waals surface area (Å²) in [6.45, 7) is 21.9. The van der Waals surface area contributed by atoms with Crippen molar-refractivity contribution < 1.29 is 52.0 Å². The van der Waals surface area contributed by atoms with Crippen molar-refractivity contribution in [1.29, 1.82) is 1.43 Å². The van der Waals surface area contributed by atoms with Gasteiger partial charge in [0.2, 0.25) is 1.43 Å². The van der Waals surface area contributed by atoms with E-state index in [9.17, 15) is 4.79 Å². The van der Waals surface area contributed by atoms with Gasteiger partial charge in [0.1, 0.15) is 1.37 Å². The van der Waals surface area contributed by atoms with Crippen LogP contribution in [0.5, 0.6) is 0 Å². The predicted octanol–water partition coefficient (Wildman–Crippen LogP) is 17.4. The van der Waals surface area contributed by atoms with Crippen LogP contribution in [0, 0.1) is 130 Å². The molecule has 556 valence electrons. The molecule has 11 rings (SSSR count). The molecule has 0 amide bonds. The molecule has 108 heavy (non-hydrogen) atoms.